The van der Waals surface area contributed by atoms with Gasteiger partial charge >= 0.3 is 0 Å². The van der Waals surface area contributed by atoms with Gasteiger partial charge in [0.15, 0.2) is 0 Å². The summed E-state index contributed by atoms with van der Waals surface area (Å²) in [5.74, 6) is 0. The van der Waals surface area contributed by atoms with Crippen LogP contribution in [0.25, 0.3) is 76.5 Å². The molecular formula is C50H34O. The van der Waals surface area contributed by atoms with Crippen molar-refractivity contribution >= 4 is 54.3 Å². The number of benzene rings is 9. The first-order valence-electron chi connectivity index (χ1n) is 25.7. The Labute approximate surface area is 323 Å². The van der Waals surface area contributed by atoms with Crippen molar-refractivity contribution in [1.29, 1.82) is 0 Å². The summed E-state index contributed by atoms with van der Waals surface area (Å²) >= 11 is 0. The highest BCUT2D eigenvalue weighted by atomic mass is 16.3. The normalized spacial score (nSPS) is 16.9. The third kappa shape index (κ3) is 5.26. The van der Waals surface area contributed by atoms with E-state index in [1.807, 2.05) is 48.5 Å². The molecule has 0 saturated carbocycles. The summed E-state index contributed by atoms with van der Waals surface area (Å²) in [6.45, 7) is 0. The van der Waals surface area contributed by atoms with Crippen molar-refractivity contribution in [2.24, 2.45) is 0 Å². The molecule has 9 aromatic carbocycles. The van der Waals surface area contributed by atoms with Crippen molar-refractivity contribution in [3.05, 3.63) is 204 Å². The third-order valence-electron chi connectivity index (χ3n) is 9.14. The van der Waals surface area contributed by atoms with Crippen LogP contribution < -0.4 is 0 Å². The van der Waals surface area contributed by atoms with E-state index in [0.29, 0.717) is 16.7 Å². The standard InChI is InChI=1S/C50H34O/c1-3-11-33(12-4-1)28-47-41-15-7-9-17-43(41)48(44-18-10-8-16-42(44)47)29-34-19-20-37-30-38(22-21-36(37)27-34)40-24-26-46-45-25-23-39(35-13-5-2-6-14-35)31-49(45)51-50(46)32-40/h1-27,30-32H,28-29H2/i1D,3D,4D,7D,8D,9D,10D,11D,12D,15D,16D,17D,18D,19D,20D,21D,22D,27D,30D. The molecule has 0 aliphatic carbocycles. The second kappa shape index (κ2) is 12.2. The first kappa shape index (κ1) is 16.1. The fourth-order valence-corrected chi connectivity index (χ4v) is 6.74. The van der Waals surface area contributed by atoms with Crippen molar-refractivity contribution in [3.8, 4) is 22.3 Å². The number of hydrogen-bond donors (Lipinski definition) is 0. The molecule has 0 aliphatic heterocycles. The van der Waals surface area contributed by atoms with Gasteiger partial charge in [-0.25, -0.2) is 0 Å². The Hall–Kier alpha value is -6.44. The monoisotopic (exact) mass is 669 g/mol. The number of rotatable bonds is 6. The van der Waals surface area contributed by atoms with E-state index in [1.165, 1.54) is 0 Å². The van der Waals surface area contributed by atoms with Crippen molar-refractivity contribution in [2.75, 3.05) is 0 Å². The van der Waals surface area contributed by atoms with E-state index in [1.54, 1.807) is 18.2 Å². The fourth-order valence-electron chi connectivity index (χ4n) is 6.74. The lowest BCUT2D eigenvalue weighted by Gasteiger charge is -2.17. The van der Waals surface area contributed by atoms with E-state index in [9.17, 15) is 13.7 Å². The van der Waals surface area contributed by atoms with Crippen LogP contribution in [0.4, 0.5) is 0 Å². The summed E-state index contributed by atoms with van der Waals surface area (Å²) < 4.78 is 176. The Morgan fingerprint density at radius 1 is 0.392 bits per heavy atom. The highest BCUT2D eigenvalue weighted by Gasteiger charge is 2.15. The maximum atomic E-state index is 9.54. The average Bonchev–Trinajstić information content (AvgIpc) is 3.72. The predicted octanol–water partition coefficient (Wildman–Crippen LogP) is 13.6. The molecule has 0 saturated heterocycles. The molecule has 51 heavy (non-hydrogen) atoms. The van der Waals surface area contributed by atoms with Crippen LogP contribution in [0.15, 0.2) is 186 Å². The maximum absolute atomic E-state index is 9.54. The summed E-state index contributed by atoms with van der Waals surface area (Å²) in [7, 11) is 0. The summed E-state index contributed by atoms with van der Waals surface area (Å²) in [5.41, 5.74) is 2.19. The van der Waals surface area contributed by atoms with Crippen LogP contribution >= 0.6 is 0 Å². The molecule has 0 aliphatic rings. The van der Waals surface area contributed by atoms with Crippen LogP contribution in [-0.2, 0) is 12.8 Å². The van der Waals surface area contributed by atoms with Crippen molar-refractivity contribution in [1.82, 2.24) is 0 Å². The Kier molecular flexibility index (Phi) is 3.83. The van der Waals surface area contributed by atoms with Gasteiger partial charge in [-0.2, -0.15) is 0 Å². The van der Waals surface area contributed by atoms with Crippen LogP contribution in [0, 0.1) is 0 Å². The smallest absolute Gasteiger partial charge is 0.136 e. The molecule has 0 unspecified atom stereocenters. The Morgan fingerprint density at radius 2 is 0.922 bits per heavy atom. The van der Waals surface area contributed by atoms with Gasteiger partial charge in [0, 0.05) is 10.8 Å². The lowest BCUT2D eigenvalue weighted by atomic mass is 9.86. The lowest BCUT2D eigenvalue weighted by molar-refractivity contribution is 0.669. The van der Waals surface area contributed by atoms with Crippen molar-refractivity contribution < 1.29 is 30.5 Å². The highest BCUT2D eigenvalue weighted by molar-refractivity contribution is 6.08. The SMILES string of the molecule is [2H]c1c([2H])c([2H])c(Cc2c3c([2H])c([2H])c([2H])c([2H])c3c(Cc3c([2H])c([2H])c4c([2H])c(-c5ccc6c(c5)oc5cc(-c7ccccc7)ccc56)c([2H])c([2H])c4c3[2H])c3c([2H])c([2H])c([2H])c([2H])c23)c([2H])c1[2H]. The molecule has 0 amide bonds. The van der Waals surface area contributed by atoms with E-state index in [4.69, 9.17) is 16.8 Å². The van der Waals surface area contributed by atoms with Crippen LogP contribution in [0.2, 0.25) is 0 Å². The fraction of sp³-hybridized carbons (Fsp3) is 0.0400. The Morgan fingerprint density at radius 3 is 1.55 bits per heavy atom. The molecule has 0 atom stereocenters. The van der Waals surface area contributed by atoms with Gasteiger partial charge in [0.1, 0.15) is 11.2 Å². The van der Waals surface area contributed by atoms with E-state index in [0.717, 1.165) is 21.9 Å². The van der Waals surface area contributed by atoms with Crippen molar-refractivity contribution in [3.63, 3.8) is 0 Å². The van der Waals surface area contributed by atoms with Gasteiger partial charge in [0.05, 0.1) is 26.0 Å². The summed E-state index contributed by atoms with van der Waals surface area (Å²) in [4.78, 5) is 0. The number of fused-ring (bicyclic) bond motifs is 6. The van der Waals surface area contributed by atoms with Gasteiger partial charge in [0.25, 0.3) is 0 Å². The van der Waals surface area contributed by atoms with Gasteiger partial charge in [-0.1, -0.05) is 151 Å². The van der Waals surface area contributed by atoms with E-state index >= 15 is 0 Å². The van der Waals surface area contributed by atoms with Crippen LogP contribution in [-0.4, -0.2) is 0 Å². The maximum Gasteiger partial charge on any atom is 0.136 e. The molecule has 0 spiro atoms. The van der Waals surface area contributed by atoms with Crippen LogP contribution in [0.3, 0.4) is 0 Å². The first-order valence-corrected chi connectivity index (χ1v) is 16.2. The summed E-state index contributed by atoms with van der Waals surface area (Å²) in [6, 6.07) is 8.36. The molecule has 1 nitrogen and oxygen atoms in total. The molecule has 0 radical (unpaired) electrons. The Bertz CT molecular complexity index is 3880. The van der Waals surface area contributed by atoms with Crippen LogP contribution in [0.1, 0.15) is 48.3 Å². The third-order valence-corrected chi connectivity index (χ3v) is 9.14. The molecule has 240 valence electrons. The highest BCUT2D eigenvalue weighted by Crippen LogP contribution is 2.38. The topological polar surface area (TPSA) is 13.1 Å². The van der Waals surface area contributed by atoms with E-state index in [2.05, 4.69) is 0 Å². The van der Waals surface area contributed by atoms with Gasteiger partial charge in [-0.3, -0.25) is 0 Å². The van der Waals surface area contributed by atoms with Gasteiger partial charge in [0.2, 0.25) is 0 Å². The second-order valence-corrected chi connectivity index (χ2v) is 12.2. The van der Waals surface area contributed by atoms with Gasteiger partial charge in [-0.05, 0) is 120 Å². The lowest BCUT2D eigenvalue weighted by Crippen LogP contribution is -1.98. The molecule has 10 rings (SSSR count). The molecule has 0 bridgehead atoms. The minimum absolute atomic E-state index is 0.0523. The van der Waals surface area contributed by atoms with Gasteiger partial charge < -0.3 is 4.42 Å². The minimum atomic E-state index is -0.749. The Balaban J connectivity index is 1.21. The van der Waals surface area contributed by atoms with E-state index in [-0.39, 0.29) is 60.1 Å². The molecule has 0 N–H and O–H groups in total. The summed E-state index contributed by atoms with van der Waals surface area (Å²) in [5, 5.41) is -0.250. The first-order chi connectivity index (χ1) is 33.2. The molecule has 1 heterocycles. The molecule has 1 heteroatoms. The zero-order chi connectivity index (χ0) is 50.3. The largest absolute Gasteiger partial charge is 0.456 e. The quantitative estimate of drug-likeness (QED) is 0.161. The van der Waals surface area contributed by atoms with Gasteiger partial charge in [-0.15, -0.1) is 0 Å². The molecule has 0 fully saturated rings. The second-order valence-electron chi connectivity index (χ2n) is 12.2. The van der Waals surface area contributed by atoms with Crippen LogP contribution in [0.5, 0.6) is 0 Å². The van der Waals surface area contributed by atoms with E-state index < -0.39 is 128 Å². The molecular weight excluding hydrogens is 617 g/mol. The molecule has 10 aromatic rings. The van der Waals surface area contributed by atoms with Crippen molar-refractivity contribution in [2.45, 2.75) is 12.8 Å². The number of furan rings is 1. The number of hydrogen-bond acceptors (Lipinski definition) is 1. The zero-order valence-corrected chi connectivity index (χ0v) is 26.7. The molecule has 1 aromatic heterocycles. The average molecular weight is 670 g/mol. The zero-order valence-electron chi connectivity index (χ0n) is 45.7. The minimum Gasteiger partial charge on any atom is -0.456 e. The predicted molar refractivity (Wildman–Crippen MR) is 216 cm³/mol. The summed E-state index contributed by atoms with van der Waals surface area (Å²) in [6.07, 6.45) is -1.32.